The first-order valence-corrected chi connectivity index (χ1v) is 9.35. The van der Waals surface area contributed by atoms with Crippen LogP contribution in [0.4, 0.5) is 4.79 Å². The molecule has 2 atom stereocenters. The van der Waals surface area contributed by atoms with Crippen LogP contribution in [0.25, 0.3) is 0 Å². The van der Waals surface area contributed by atoms with Crippen LogP contribution in [0.15, 0.2) is 24.3 Å². The number of para-hydroxylation sites is 2. The molecular formula is C15H20N2O5S. The van der Waals surface area contributed by atoms with E-state index in [-0.39, 0.29) is 29.7 Å². The number of carbonyl (C=O) groups excluding carboxylic acids is 1. The molecule has 1 aromatic rings. The molecule has 2 aliphatic heterocycles. The Labute approximate surface area is 135 Å². The summed E-state index contributed by atoms with van der Waals surface area (Å²) in [4.78, 5) is 13.6. The van der Waals surface area contributed by atoms with Crippen molar-refractivity contribution in [1.29, 1.82) is 0 Å². The van der Waals surface area contributed by atoms with Crippen molar-refractivity contribution in [3.63, 3.8) is 0 Å². The number of sulfone groups is 1. The van der Waals surface area contributed by atoms with Gasteiger partial charge in [0, 0.05) is 13.1 Å². The molecule has 1 fully saturated rings. The van der Waals surface area contributed by atoms with Crippen molar-refractivity contribution < 1.29 is 22.7 Å². The van der Waals surface area contributed by atoms with Crippen LogP contribution >= 0.6 is 0 Å². The average Bonchev–Trinajstić information content (AvgIpc) is 2.86. The van der Waals surface area contributed by atoms with Crippen molar-refractivity contribution in [3.8, 4) is 11.5 Å². The van der Waals surface area contributed by atoms with E-state index in [1.807, 2.05) is 24.3 Å². The van der Waals surface area contributed by atoms with Gasteiger partial charge in [0.1, 0.15) is 6.61 Å². The molecule has 0 aliphatic carbocycles. The van der Waals surface area contributed by atoms with Crippen LogP contribution in [-0.4, -0.2) is 63.2 Å². The Balaban J connectivity index is 1.51. The first-order chi connectivity index (χ1) is 10.9. The molecule has 0 radical (unpaired) electrons. The van der Waals surface area contributed by atoms with Gasteiger partial charge in [-0.25, -0.2) is 13.2 Å². The summed E-state index contributed by atoms with van der Waals surface area (Å²) in [6, 6.07) is 6.79. The third-order valence-corrected chi connectivity index (χ3v) is 5.72. The van der Waals surface area contributed by atoms with Gasteiger partial charge in [0.25, 0.3) is 0 Å². The van der Waals surface area contributed by atoms with Crippen LogP contribution in [-0.2, 0) is 9.84 Å². The molecule has 0 bridgehead atoms. The number of nitrogens with one attached hydrogen (secondary N) is 1. The van der Waals surface area contributed by atoms with Gasteiger partial charge in [-0.2, -0.15) is 0 Å². The lowest BCUT2D eigenvalue weighted by atomic mass is 10.2. The summed E-state index contributed by atoms with van der Waals surface area (Å²) in [7, 11) is -1.35. The highest BCUT2D eigenvalue weighted by atomic mass is 32.2. The maximum atomic E-state index is 12.2. The highest BCUT2D eigenvalue weighted by molar-refractivity contribution is 7.91. The van der Waals surface area contributed by atoms with Gasteiger partial charge in [0.2, 0.25) is 0 Å². The van der Waals surface area contributed by atoms with Gasteiger partial charge >= 0.3 is 6.03 Å². The Hall–Kier alpha value is -1.96. The third kappa shape index (κ3) is 3.87. The monoisotopic (exact) mass is 340 g/mol. The summed E-state index contributed by atoms with van der Waals surface area (Å²) in [5.74, 6) is 1.52. The van der Waals surface area contributed by atoms with Gasteiger partial charge in [-0.15, -0.1) is 0 Å². The van der Waals surface area contributed by atoms with Gasteiger partial charge in [0.15, 0.2) is 27.4 Å². The number of urea groups is 1. The molecule has 2 heterocycles. The number of hydrogen-bond donors (Lipinski definition) is 1. The minimum absolute atomic E-state index is 0.0169. The van der Waals surface area contributed by atoms with Gasteiger partial charge in [-0.3, -0.25) is 0 Å². The van der Waals surface area contributed by atoms with Gasteiger partial charge < -0.3 is 19.7 Å². The van der Waals surface area contributed by atoms with Crippen LogP contribution in [0, 0.1) is 0 Å². The topological polar surface area (TPSA) is 84.9 Å². The summed E-state index contributed by atoms with van der Waals surface area (Å²) >= 11 is 0. The summed E-state index contributed by atoms with van der Waals surface area (Å²) in [6.45, 7) is 0.728. The molecule has 0 saturated carbocycles. The predicted molar refractivity (Wildman–Crippen MR) is 84.6 cm³/mol. The lowest BCUT2D eigenvalue weighted by molar-refractivity contribution is 0.0713. The van der Waals surface area contributed by atoms with E-state index < -0.39 is 9.84 Å². The van der Waals surface area contributed by atoms with Gasteiger partial charge in [-0.05, 0) is 18.6 Å². The molecule has 8 heteroatoms. The summed E-state index contributed by atoms with van der Waals surface area (Å²) < 4.78 is 34.3. The fraction of sp³-hybridized carbons (Fsp3) is 0.533. The fourth-order valence-corrected chi connectivity index (χ4v) is 4.41. The molecule has 3 rings (SSSR count). The van der Waals surface area contributed by atoms with Crippen LogP contribution in [0.5, 0.6) is 11.5 Å². The minimum atomic E-state index is -3.01. The molecule has 0 aromatic heterocycles. The van der Waals surface area contributed by atoms with Gasteiger partial charge in [-0.1, -0.05) is 12.1 Å². The maximum absolute atomic E-state index is 12.2. The maximum Gasteiger partial charge on any atom is 0.317 e. The quantitative estimate of drug-likeness (QED) is 0.873. The second-order valence-corrected chi connectivity index (χ2v) is 8.16. The smallest absolute Gasteiger partial charge is 0.317 e. The van der Waals surface area contributed by atoms with Crippen LogP contribution in [0.1, 0.15) is 6.42 Å². The van der Waals surface area contributed by atoms with E-state index >= 15 is 0 Å². The molecule has 126 valence electrons. The zero-order valence-corrected chi connectivity index (χ0v) is 13.7. The number of ether oxygens (including phenoxy) is 2. The molecule has 1 saturated heterocycles. The van der Waals surface area contributed by atoms with E-state index in [1.165, 1.54) is 4.90 Å². The summed E-state index contributed by atoms with van der Waals surface area (Å²) in [5.41, 5.74) is 0. The summed E-state index contributed by atoms with van der Waals surface area (Å²) in [5, 5.41) is 2.75. The number of likely N-dealkylation sites (N-methyl/N-ethyl adjacent to an activating group) is 1. The Bertz CT molecular complexity index is 691. The van der Waals surface area contributed by atoms with Crippen LogP contribution < -0.4 is 14.8 Å². The van der Waals surface area contributed by atoms with E-state index in [0.717, 1.165) is 0 Å². The number of hydrogen-bond acceptors (Lipinski definition) is 5. The minimum Gasteiger partial charge on any atom is -0.486 e. The molecule has 23 heavy (non-hydrogen) atoms. The highest BCUT2D eigenvalue weighted by Crippen LogP contribution is 2.30. The Morgan fingerprint density at radius 2 is 2.09 bits per heavy atom. The van der Waals surface area contributed by atoms with Crippen molar-refractivity contribution in [2.45, 2.75) is 18.6 Å². The third-order valence-electron chi connectivity index (χ3n) is 3.95. The van der Waals surface area contributed by atoms with E-state index in [1.54, 1.807) is 7.05 Å². The molecule has 0 unspecified atom stereocenters. The van der Waals surface area contributed by atoms with Crippen molar-refractivity contribution in [2.24, 2.45) is 0 Å². The summed E-state index contributed by atoms with van der Waals surface area (Å²) in [6.07, 6.45) is 0.214. The lowest BCUT2D eigenvalue weighted by Crippen LogP contribution is -2.48. The normalized spacial score (nSPS) is 24.9. The van der Waals surface area contributed by atoms with Crippen molar-refractivity contribution in [3.05, 3.63) is 24.3 Å². The number of nitrogens with zero attached hydrogens (tertiary/aromatic N) is 1. The first kappa shape index (κ1) is 15.9. The second-order valence-electron chi connectivity index (χ2n) is 5.93. The zero-order chi connectivity index (χ0) is 16.4. The largest absolute Gasteiger partial charge is 0.486 e. The fourth-order valence-electron chi connectivity index (χ4n) is 2.74. The predicted octanol–water partition coefficient (Wildman–Crippen LogP) is 0.655. The molecular weight excluding hydrogens is 320 g/mol. The van der Waals surface area contributed by atoms with E-state index in [9.17, 15) is 13.2 Å². The Kier molecular flexibility index (Phi) is 4.34. The molecule has 2 aliphatic rings. The van der Waals surface area contributed by atoms with E-state index in [2.05, 4.69) is 5.32 Å². The SMILES string of the molecule is CN(C[C@@H]1COc2ccccc2O1)C(=O)N[C@@H]1CCS(=O)(=O)C1. The van der Waals surface area contributed by atoms with Crippen LogP contribution in [0.3, 0.4) is 0 Å². The lowest BCUT2D eigenvalue weighted by Gasteiger charge is -2.30. The van der Waals surface area contributed by atoms with Crippen molar-refractivity contribution >= 4 is 15.9 Å². The first-order valence-electron chi connectivity index (χ1n) is 7.53. The average molecular weight is 340 g/mol. The second kappa shape index (κ2) is 6.27. The zero-order valence-electron chi connectivity index (χ0n) is 12.9. The number of amides is 2. The standard InChI is InChI=1S/C15H20N2O5S/c1-17(15(18)16-11-6-7-23(19,20)10-11)8-12-9-21-13-4-2-3-5-14(13)22-12/h2-5,11-12H,6-10H2,1H3,(H,16,18)/t11-,12-/m1/s1. The molecule has 7 nitrogen and oxygen atoms in total. The highest BCUT2D eigenvalue weighted by Gasteiger charge is 2.30. The number of fused-ring (bicyclic) bond motifs is 1. The number of rotatable bonds is 3. The Morgan fingerprint density at radius 3 is 2.78 bits per heavy atom. The van der Waals surface area contributed by atoms with E-state index in [4.69, 9.17) is 9.47 Å². The molecule has 1 N–H and O–H groups in total. The number of benzene rings is 1. The van der Waals surface area contributed by atoms with Crippen LogP contribution in [0.2, 0.25) is 0 Å². The molecule has 0 spiro atoms. The van der Waals surface area contributed by atoms with Crippen molar-refractivity contribution in [2.75, 3.05) is 31.7 Å². The van der Waals surface area contributed by atoms with Gasteiger partial charge in [0.05, 0.1) is 18.1 Å². The van der Waals surface area contributed by atoms with Crippen molar-refractivity contribution in [1.82, 2.24) is 10.2 Å². The molecule has 1 aromatic carbocycles. The van der Waals surface area contributed by atoms with E-state index in [0.29, 0.717) is 31.1 Å². The Morgan fingerprint density at radius 1 is 1.35 bits per heavy atom. The molecule has 2 amide bonds. The number of carbonyl (C=O) groups is 1.